The van der Waals surface area contributed by atoms with Gasteiger partial charge >= 0.3 is 0 Å². The number of aromatic nitrogens is 2. The van der Waals surface area contributed by atoms with Crippen molar-refractivity contribution in [2.24, 2.45) is 7.05 Å². The number of hydrogen-bond acceptors (Lipinski definition) is 4. The lowest BCUT2D eigenvalue weighted by Crippen LogP contribution is -2.12. The summed E-state index contributed by atoms with van der Waals surface area (Å²) in [4.78, 5) is 29.1. The van der Waals surface area contributed by atoms with Crippen LogP contribution in [0.4, 0.5) is 0 Å². The van der Waals surface area contributed by atoms with Crippen molar-refractivity contribution < 1.29 is 13.0 Å². The molecule has 0 spiro atoms. The summed E-state index contributed by atoms with van der Waals surface area (Å²) < 4.78 is 34.6. The van der Waals surface area contributed by atoms with Crippen LogP contribution in [0.3, 0.4) is 0 Å². The summed E-state index contributed by atoms with van der Waals surface area (Å²) in [5.74, 6) is 0. The quantitative estimate of drug-likeness (QED) is 0.320. The first-order valence-electron chi connectivity index (χ1n) is 9.16. The fourth-order valence-corrected chi connectivity index (χ4v) is 4.85. The van der Waals surface area contributed by atoms with E-state index in [1.54, 1.807) is 18.2 Å². The molecule has 5 aromatic rings. The van der Waals surface area contributed by atoms with Crippen molar-refractivity contribution in [2.75, 3.05) is 0 Å². The lowest BCUT2D eigenvalue weighted by atomic mass is 10.0. The Balaban J connectivity index is 2.00. The van der Waals surface area contributed by atoms with Gasteiger partial charge in [-0.25, -0.2) is 0 Å². The topological polar surface area (TPSA) is 109 Å². The number of aromatic amines is 1. The van der Waals surface area contributed by atoms with Crippen LogP contribution in [-0.2, 0) is 17.2 Å². The number of rotatable bonds is 1. The molecule has 150 valence electrons. The van der Waals surface area contributed by atoms with Crippen LogP contribution in [-0.4, -0.2) is 22.5 Å². The minimum absolute atomic E-state index is 0.126. The van der Waals surface area contributed by atoms with Gasteiger partial charge in [0.1, 0.15) is 0 Å². The summed E-state index contributed by atoms with van der Waals surface area (Å²) in [6, 6.07) is 13.2. The van der Waals surface area contributed by atoms with Gasteiger partial charge in [-0.05, 0) is 48.9 Å². The molecule has 3 aromatic carbocycles. The molecule has 0 amide bonds. The number of benzene rings is 3. The van der Waals surface area contributed by atoms with Crippen molar-refractivity contribution in [3.05, 3.63) is 74.5 Å². The Bertz CT molecular complexity index is 1780. The molecule has 0 unspecified atom stereocenters. The third-order valence-corrected chi connectivity index (χ3v) is 6.60. The number of fused-ring (bicyclic) bond motifs is 4. The molecule has 0 aliphatic carbocycles. The number of para-hydroxylation sites is 1. The van der Waals surface area contributed by atoms with Gasteiger partial charge in [-0.2, -0.15) is 8.42 Å². The molecule has 0 aliphatic heterocycles. The molecule has 8 heteroatoms. The standard InChI is InChI=1S/C22H16N2O5S/c1-11-7-16-14(10-20(11)30(27,28)29)22(26)13-9-19-15(8-17(13)23-16)21(25)12-5-3-4-6-18(12)24(19)2/h3-10H,1-2H3,(H,23,26)(H,27,28,29). The van der Waals surface area contributed by atoms with E-state index in [2.05, 4.69) is 4.98 Å². The van der Waals surface area contributed by atoms with Crippen molar-refractivity contribution in [1.29, 1.82) is 0 Å². The van der Waals surface area contributed by atoms with Gasteiger partial charge in [0.25, 0.3) is 10.1 Å². The Hall–Kier alpha value is -3.49. The highest BCUT2D eigenvalue weighted by atomic mass is 32.2. The maximum absolute atomic E-state index is 13.2. The monoisotopic (exact) mass is 420 g/mol. The zero-order valence-electron chi connectivity index (χ0n) is 16.1. The van der Waals surface area contributed by atoms with E-state index in [-0.39, 0.29) is 21.1 Å². The van der Waals surface area contributed by atoms with Gasteiger partial charge in [-0.3, -0.25) is 14.1 Å². The molecule has 0 fully saturated rings. The van der Waals surface area contributed by atoms with E-state index >= 15 is 0 Å². The Labute approximate surface area is 169 Å². The molecule has 0 atom stereocenters. The van der Waals surface area contributed by atoms with E-state index in [0.717, 1.165) is 5.52 Å². The normalized spacial score (nSPS) is 12.4. The Kier molecular flexibility index (Phi) is 3.71. The molecule has 7 nitrogen and oxygen atoms in total. The molecule has 0 saturated carbocycles. The maximum atomic E-state index is 13.2. The van der Waals surface area contributed by atoms with E-state index in [1.165, 1.54) is 19.1 Å². The average molecular weight is 420 g/mol. The zero-order chi connectivity index (χ0) is 21.4. The number of nitrogens with zero attached hydrogens (tertiary/aromatic N) is 1. The molecule has 2 N–H and O–H groups in total. The summed E-state index contributed by atoms with van der Waals surface area (Å²) in [5.41, 5.74) is 2.04. The summed E-state index contributed by atoms with van der Waals surface area (Å²) >= 11 is 0. The van der Waals surface area contributed by atoms with Crippen LogP contribution in [0.15, 0.2) is 63.0 Å². The minimum Gasteiger partial charge on any atom is -0.354 e. The van der Waals surface area contributed by atoms with Crippen LogP contribution >= 0.6 is 0 Å². The number of hydrogen-bond donors (Lipinski definition) is 2. The fourth-order valence-electron chi connectivity index (χ4n) is 4.12. The summed E-state index contributed by atoms with van der Waals surface area (Å²) in [5, 5.41) is 1.53. The molecule has 0 saturated heterocycles. The lowest BCUT2D eigenvalue weighted by molar-refractivity contribution is 0.482. The van der Waals surface area contributed by atoms with Gasteiger partial charge in [0.2, 0.25) is 0 Å². The molecular formula is C22H16N2O5S. The molecule has 2 aromatic heterocycles. The van der Waals surface area contributed by atoms with E-state index in [4.69, 9.17) is 0 Å². The molecule has 0 radical (unpaired) electrons. The van der Waals surface area contributed by atoms with E-state index < -0.39 is 10.1 Å². The summed E-state index contributed by atoms with van der Waals surface area (Å²) in [7, 11) is -2.64. The predicted octanol–water partition coefficient (Wildman–Crippen LogP) is 3.24. The largest absolute Gasteiger partial charge is 0.354 e. The maximum Gasteiger partial charge on any atom is 0.294 e. The first kappa shape index (κ1) is 18.5. The summed E-state index contributed by atoms with van der Waals surface area (Å²) in [6.45, 7) is 1.54. The Morgan fingerprint density at radius 1 is 0.833 bits per heavy atom. The van der Waals surface area contributed by atoms with Gasteiger partial charge < -0.3 is 9.55 Å². The van der Waals surface area contributed by atoms with Crippen molar-refractivity contribution in [2.45, 2.75) is 11.8 Å². The SMILES string of the molecule is Cc1cc2[nH]c3cc4c(=O)c5ccccc5n(C)c4cc3c(=O)c2cc1S(=O)(=O)O. The predicted molar refractivity (Wildman–Crippen MR) is 117 cm³/mol. The van der Waals surface area contributed by atoms with E-state index in [9.17, 15) is 22.6 Å². The fraction of sp³-hybridized carbons (Fsp3) is 0.0909. The zero-order valence-corrected chi connectivity index (χ0v) is 16.9. The second-order valence-electron chi connectivity index (χ2n) is 7.41. The lowest BCUT2D eigenvalue weighted by Gasteiger charge is -2.12. The highest BCUT2D eigenvalue weighted by molar-refractivity contribution is 7.85. The van der Waals surface area contributed by atoms with Gasteiger partial charge in [0, 0.05) is 28.6 Å². The first-order valence-corrected chi connectivity index (χ1v) is 10.6. The minimum atomic E-state index is -4.46. The van der Waals surface area contributed by atoms with Gasteiger partial charge in [-0.1, -0.05) is 12.1 Å². The molecule has 5 rings (SSSR count). The van der Waals surface area contributed by atoms with Crippen LogP contribution in [0.5, 0.6) is 0 Å². The Morgan fingerprint density at radius 2 is 1.47 bits per heavy atom. The Morgan fingerprint density at radius 3 is 2.20 bits per heavy atom. The van der Waals surface area contributed by atoms with Crippen molar-refractivity contribution in [3.8, 4) is 0 Å². The van der Waals surface area contributed by atoms with E-state index in [0.29, 0.717) is 38.3 Å². The molecule has 0 aliphatic rings. The third-order valence-electron chi connectivity index (χ3n) is 5.60. The molecule has 30 heavy (non-hydrogen) atoms. The molecular weight excluding hydrogens is 404 g/mol. The van der Waals surface area contributed by atoms with Crippen LogP contribution in [0.1, 0.15) is 5.56 Å². The summed E-state index contributed by atoms with van der Waals surface area (Å²) in [6.07, 6.45) is 0. The van der Waals surface area contributed by atoms with Gasteiger partial charge in [-0.15, -0.1) is 0 Å². The van der Waals surface area contributed by atoms with Gasteiger partial charge in [0.15, 0.2) is 10.9 Å². The first-order chi connectivity index (χ1) is 14.2. The highest BCUT2D eigenvalue weighted by Crippen LogP contribution is 2.25. The van der Waals surface area contributed by atoms with Crippen molar-refractivity contribution in [1.82, 2.24) is 9.55 Å². The average Bonchev–Trinajstić information content (AvgIpc) is 2.70. The van der Waals surface area contributed by atoms with Crippen LogP contribution in [0.2, 0.25) is 0 Å². The number of pyridine rings is 2. The van der Waals surface area contributed by atoms with Crippen molar-refractivity contribution in [3.63, 3.8) is 0 Å². The molecule has 2 heterocycles. The second-order valence-corrected chi connectivity index (χ2v) is 8.80. The molecule has 0 bridgehead atoms. The highest BCUT2D eigenvalue weighted by Gasteiger charge is 2.18. The smallest absolute Gasteiger partial charge is 0.294 e. The second kappa shape index (κ2) is 6.01. The number of H-pyrrole nitrogens is 1. The van der Waals surface area contributed by atoms with Gasteiger partial charge in [0.05, 0.1) is 27.0 Å². The third kappa shape index (κ3) is 2.51. The van der Waals surface area contributed by atoms with Crippen molar-refractivity contribution >= 4 is 53.7 Å². The van der Waals surface area contributed by atoms with Crippen LogP contribution < -0.4 is 10.9 Å². The van der Waals surface area contributed by atoms with E-state index in [1.807, 2.05) is 29.8 Å². The van der Waals surface area contributed by atoms with Crippen LogP contribution in [0, 0.1) is 6.92 Å². The number of nitrogens with one attached hydrogen (secondary N) is 1. The number of aryl methyl sites for hydroxylation is 2. The van der Waals surface area contributed by atoms with Crippen LogP contribution in [0.25, 0.3) is 43.6 Å².